The fraction of sp³-hybridized carbons (Fsp3) is 0.781. The van der Waals surface area contributed by atoms with E-state index in [1.54, 1.807) is 0 Å². The zero-order valence-electron chi connectivity index (χ0n) is 48.2. The summed E-state index contributed by atoms with van der Waals surface area (Å²) in [4.78, 5) is 24.7. The van der Waals surface area contributed by atoms with Gasteiger partial charge in [-0.2, -0.15) is 0 Å². The SMILES string of the molecule is C#CC#CC#CC[C@H](CCOC[C@@H](N)CC)OC(=O)CCCCCCCCCCC.C#CC#CC#CC[C@H](CCOC[C@H](CC)NS(=O)(=O)CCCCCCCCCCCC)OC(=O)CCCCCCCCCCC.[HH].[HH].[HH].[HH].[HH].[HH].[HH].[HH].[HH].[HH]. The molecule has 0 aromatic heterocycles. The van der Waals surface area contributed by atoms with Crippen molar-refractivity contribution in [3.05, 3.63) is 0 Å². The first-order chi connectivity index (χ1) is 36.5. The van der Waals surface area contributed by atoms with E-state index in [1.807, 2.05) is 13.8 Å². The highest BCUT2D eigenvalue weighted by Gasteiger charge is 2.19. The number of hydrogen-bond donors (Lipinski definition) is 2. The van der Waals surface area contributed by atoms with E-state index in [0.29, 0.717) is 71.2 Å². The molecule has 0 bridgehead atoms. The topological polar surface area (TPSA) is 143 Å². The first-order valence-corrected chi connectivity index (χ1v) is 31.3. The smallest absolute Gasteiger partial charge is 0.306 e. The summed E-state index contributed by atoms with van der Waals surface area (Å²) in [6.45, 7) is 12.3. The standard InChI is InChI=1S/C38H65NO5S.C26H41NO3.10H2/c1-5-9-12-15-17-19-21-23-26-29-34-45(41,42)39-36(8-4)35-43-33-32-37(30-27-24-14-11-7-3)44-38(40)31-28-25-22-20-18-16-13-10-6-2;1-4-7-9-11-12-13-14-16-18-20-26(28)30-25(19-17-15-10-8-5-2)21-22-29-23-24(27)6-3;;;;;;;;;;/h3,36-37,39H,5-6,8-10,12-13,15-23,25-26,28-35H2,1-2,4H3;2,24-25H,4,6-7,9,11-14,16,18-23,27H2,1,3H3;10*1H/t36-,37+;24-,25+;;;;;;;;;;/m00........../s1. The summed E-state index contributed by atoms with van der Waals surface area (Å²) in [5.41, 5.74) is 5.85. The molecule has 0 radical (unpaired) electrons. The number of carbonyl (C=O) groups is 2. The van der Waals surface area contributed by atoms with Crippen molar-refractivity contribution in [2.45, 2.75) is 290 Å². The van der Waals surface area contributed by atoms with Crippen molar-refractivity contribution in [3.63, 3.8) is 0 Å². The number of sulfonamides is 1. The zero-order chi connectivity index (χ0) is 55.6. The van der Waals surface area contributed by atoms with Crippen molar-refractivity contribution in [1.82, 2.24) is 4.72 Å². The molecule has 0 unspecified atom stereocenters. The van der Waals surface area contributed by atoms with Gasteiger partial charge >= 0.3 is 11.9 Å². The van der Waals surface area contributed by atoms with Gasteiger partial charge in [0, 0.05) is 64.9 Å². The number of carbonyl (C=O) groups excluding carboxylic acids is 2. The molecule has 0 fully saturated rings. The van der Waals surface area contributed by atoms with Crippen LogP contribution in [0.5, 0.6) is 0 Å². The molecule has 0 rings (SSSR count). The fourth-order valence-electron chi connectivity index (χ4n) is 7.94. The van der Waals surface area contributed by atoms with Gasteiger partial charge in [0.25, 0.3) is 0 Å². The van der Waals surface area contributed by atoms with Gasteiger partial charge in [-0.1, -0.05) is 207 Å². The first kappa shape index (κ1) is 73.2. The Morgan fingerprint density at radius 3 is 1.21 bits per heavy atom. The largest absolute Gasteiger partial charge is 0.461 e. The second-order valence-electron chi connectivity index (χ2n) is 19.8. The van der Waals surface area contributed by atoms with Gasteiger partial charge in [0.2, 0.25) is 10.0 Å². The average Bonchev–Trinajstić information content (AvgIpc) is 3.39. The third-order valence-electron chi connectivity index (χ3n) is 12.7. The molecule has 11 heteroatoms. The number of nitrogens with two attached hydrogens (primary N) is 1. The van der Waals surface area contributed by atoms with Crippen LogP contribution in [0.2, 0.25) is 0 Å². The summed E-state index contributed by atoms with van der Waals surface area (Å²) in [5, 5.41) is 0. The van der Waals surface area contributed by atoms with E-state index in [9.17, 15) is 18.0 Å². The third-order valence-corrected chi connectivity index (χ3v) is 14.3. The molecule has 0 aliphatic carbocycles. The Labute approximate surface area is 476 Å². The molecular formula is C64H126N2O8S. The van der Waals surface area contributed by atoms with Crippen molar-refractivity contribution in [2.75, 3.05) is 32.2 Å². The van der Waals surface area contributed by atoms with Crippen LogP contribution in [0.4, 0.5) is 0 Å². The number of hydrogen-bond acceptors (Lipinski definition) is 9. The van der Waals surface area contributed by atoms with Crippen LogP contribution in [0.15, 0.2) is 0 Å². The van der Waals surface area contributed by atoms with Gasteiger partial charge in [0.1, 0.15) is 12.2 Å². The summed E-state index contributed by atoms with van der Waals surface area (Å²) >= 11 is 0. The van der Waals surface area contributed by atoms with Crippen LogP contribution in [0.25, 0.3) is 0 Å². The highest BCUT2D eigenvalue weighted by atomic mass is 32.2. The van der Waals surface area contributed by atoms with Gasteiger partial charge in [0.15, 0.2) is 0 Å². The highest BCUT2D eigenvalue weighted by Crippen LogP contribution is 2.16. The van der Waals surface area contributed by atoms with Crippen LogP contribution < -0.4 is 10.5 Å². The van der Waals surface area contributed by atoms with Gasteiger partial charge in [-0.15, -0.1) is 12.8 Å². The van der Waals surface area contributed by atoms with E-state index < -0.39 is 16.1 Å². The highest BCUT2D eigenvalue weighted by molar-refractivity contribution is 7.89. The maximum absolute atomic E-state index is 12.6. The van der Waals surface area contributed by atoms with E-state index in [4.69, 9.17) is 37.5 Å². The maximum atomic E-state index is 12.6. The maximum Gasteiger partial charge on any atom is 0.306 e. The lowest BCUT2D eigenvalue weighted by Crippen LogP contribution is -2.39. The molecule has 0 aromatic rings. The number of nitrogens with one attached hydrogen (secondary N) is 1. The van der Waals surface area contributed by atoms with Crippen molar-refractivity contribution >= 4 is 22.0 Å². The minimum atomic E-state index is -3.35. The average molecular weight is 1080 g/mol. The second-order valence-corrected chi connectivity index (χ2v) is 21.7. The monoisotopic (exact) mass is 1080 g/mol. The van der Waals surface area contributed by atoms with Gasteiger partial charge in [-0.25, -0.2) is 13.1 Å². The molecule has 4 atom stereocenters. The van der Waals surface area contributed by atoms with E-state index >= 15 is 0 Å². The summed E-state index contributed by atoms with van der Waals surface area (Å²) in [5.74, 6) is 25.5. The molecule has 0 amide bonds. The Kier molecular flexibility index (Phi) is 56.4. The molecule has 0 aliphatic heterocycles. The van der Waals surface area contributed by atoms with E-state index in [1.165, 1.54) is 128 Å². The Balaban J connectivity index is -0.000000119. The van der Waals surface area contributed by atoms with Crippen LogP contribution >= 0.6 is 0 Å². The molecule has 0 aromatic carbocycles. The summed E-state index contributed by atoms with van der Waals surface area (Å²) in [6.07, 6.45) is 47.1. The molecule has 10 nitrogen and oxygen atoms in total. The summed E-state index contributed by atoms with van der Waals surface area (Å²) in [6, 6.07) is -0.249. The minimum Gasteiger partial charge on any atom is -0.461 e. The van der Waals surface area contributed by atoms with Gasteiger partial charge < -0.3 is 24.7 Å². The predicted molar refractivity (Wildman–Crippen MR) is 335 cm³/mol. The quantitative estimate of drug-likeness (QED) is 0.0346. The van der Waals surface area contributed by atoms with Crippen molar-refractivity contribution in [1.29, 1.82) is 0 Å². The van der Waals surface area contributed by atoms with Gasteiger partial charge in [0.05, 0.1) is 32.2 Å². The summed E-state index contributed by atoms with van der Waals surface area (Å²) < 4.78 is 50.8. The number of ether oxygens (including phenoxy) is 4. The number of esters is 2. The molecule has 0 aliphatic rings. The lowest BCUT2D eigenvalue weighted by Gasteiger charge is -2.19. The second kappa shape index (κ2) is 57.8. The molecule has 3 N–H and O–H groups in total. The molecule has 0 saturated heterocycles. The number of unbranched alkanes of at least 4 members (excludes halogenated alkanes) is 25. The Morgan fingerprint density at radius 2 is 0.853 bits per heavy atom. The van der Waals surface area contributed by atoms with Gasteiger partial charge in [-0.3, -0.25) is 9.59 Å². The lowest BCUT2D eigenvalue weighted by atomic mass is 10.1. The van der Waals surface area contributed by atoms with Crippen molar-refractivity contribution in [2.24, 2.45) is 5.73 Å². The minimum absolute atomic E-state index is 0. The molecule has 75 heavy (non-hydrogen) atoms. The predicted octanol–water partition coefficient (Wildman–Crippen LogP) is 16.3. The van der Waals surface area contributed by atoms with E-state index in [0.717, 1.165) is 51.4 Å². The van der Waals surface area contributed by atoms with E-state index in [-0.39, 0.29) is 56.8 Å². The number of terminal acetylenes is 2. The normalized spacial score (nSPS) is 12.2. The third kappa shape index (κ3) is 56.1. The zero-order valence-corrected chi connectivity index (χ0v) is 49.0. The Bertz CT molecular complexity index is 1870. The molecule has 0 spiro atoms. The molecule has 0 saturated carbocycles. The molecule has 446 valence electrons. The number of rotatable bonds is 49. The van der Waals surface area contributed by atoms with Gasteiger partial charge in [-0.05, 0) is 79.5 Å². The van der Waals surface area contributed by atoms with Crippen LogP contribution in [0.1, 0.15) is 280 Å². The van der Waals surface area contributed by atoms with Crippen LogP contribution in [-0.4, -0.2) is 76.8 Å². The first-order valence-electron chi connectivity index (χ1n) is 29.7. The van der Waals surface area contributed by atoms with Crippen molar-refractivity contribution < 1.29 is 51.2 Å². The van der Waals surface area contributed by atoms with Crippen LogP contribution in [0, 0.1) is 72.1 Å². The van der Waals surface area contributed by atoms with Crippen molar-refractivity contribution in [3.8, 4) is 72.1 Å². The van der Waals surface area contributed by atoms with Crippen LogP contribution in [0.3, 0.4) is 0 Å². The molecule has 0 heterocycles. The van der Waals surface area contributed by atoms with Crippen LogP contribution in [-0.2, 0) is 38.6 Å². The van der Waals surface area contributed by atoms with E-state index in [2.05, 4.69) is 84.7 Å². The lowest BCUT2D eigenvalue weighted by molar-refractivity contribution is -0.150. The fourth-order valence-corrected chi connectivity index (χ4v) is 9.39. The Hall–Kier alpha value is -3.91. The Morgan fingerprint density at radius 1 is 0.493 bits per heavy atom. The summed E-state index contributed by atoms with van der Waals surface area (Å²) in [7, 11) is -3.35. The molecular weight excluding hydrogens is 957 g/mol.